The molecule has 1 aromatic carbocycles. The molecule has 0 fully saturated rings. The van der Waals surface area contributed by atoms with Crippen molar-refractivity contribution in [1.82, 2.24) is 0 Å². The van der Waals surface area contributed by atoms with Gasteiger partial charge in [0.25, 0.3) is 0 Å². The predicted octanol–water partition coefficient (Wildman–Crippen LogP) is 0.217. The Kier molecular flexibility index (Phi) is 4.24. The SMILES string of the molecule is CS(=O)Oc1ccc(S(=O)(=O)CC(=O)O)cc1. The van der Waals surface area contributed by atoms with Gasteiger partial charge < -0.3 is 9.29 Å². The monoisotopic (exact) mass is 278 g/mol. The van der Waals surface area contributed by atoms with Gasteiger partial charge in [0.05, 0.1) is 4.90 Å². The average Bonchev–Trinajstić information content (AvgIpc) is 2.15. The fourth-order valence-corrected chi connectivity index (χ4v) is 2.51. The molecule has 0 amide bonds. The van der Waals surface area contributed by atoms with Crippen molar-refractivity contribution in [3.05, 3.63) is 24.3 Å². The third-order valence-corrected chi connectivity index (χ3v) is 3.75. The molecule has 0 saturated heterocycles. The highest BCUT2D eigenvalue weighted by Gasteiger charge is 2.18. The Balaban J connectivity index is 2.94. The van der Waals surface area contributed by atoms with Crippen LogP contribution in [-0.2, 0) is 25.7 Å². The minimum Gasteiger partial charge on any atom is -0.480 e. The van der Waals surface area contributed by atoms with Crippen molar-refractivity contribution in [3.63, 3.8) is 0 Å². The molecule has 1 aromatic rings. The Labute approximate surface area is 101 Å². The van der Waals surface area contributed by atoms with Crippen LogP contribution in [0.15, 0.2) is 29.2 Å². The van der Waals surface area contributed by atoms with E-state index in [9.17, 15) is 17.4 Å². The molecule has 0 aliphatic heterocycles. The van der Waals surface area contributed by atoms with Gasteiger partial charge in [-0.25, -0.2) is 12.6 Å². The van der Waals surface area contributed by atoms with Crippen LogP contribution < -0.4 is 4.18 Å². The van der Waals surface area contributed by atoms with Crippen LogP contribution in [0.3, 0.4) is 0 Å². The first-order valence-corrected chi connectivity index (χ1v) is 7.51. The Morgan fingerprint density at radius 2 is 1.88 bits per heavy atom. The maximum absolute atomic E-state index is 11.5. The summed E-state index contributed by atoms with van der Waals surface area (Å²) in [6.07, 6.45) is 1.33. The first kappa shape index (κ1) is 13.7. The fourth-order valence-electron chi connectivity index (χ4n) is 1.08. The minimum absolute atomic E-state index is 0.117. The summed E-state index contributed by atoms with van der Waals surface area (Å²) in [5, 5.41) is 8.44. The summed E-state index contributed by atoms with van der Waals surface area (Å²) in [6, 6.07) is 5.05. The summed E-state index contributed by atoms with van der Waals surface area (Å²) in [6.45, 7) is 0. The maximum atomic E-state index is 11.5. The van der Waals surface area contributed by atoms with E-state index < -0.39 is 32.6 Å². The van der Waals surface area contributed by atoms with E-state index in [1.165, 1.54) is 30.5 Å². The molecule has 0 bridgehead atoms. The molecule has 1 N–H and O–H groups in total. The summed E-state index contributed by atoms with van der Waals surface area (Å²) in [5.74, 6) is -2.13. The van der Waals surface area contributed by atoms with Gasteiger partial charge >= 0.3 is 5.97 Å². The fraction of sp³-hybridized carbons (Fsp3) is 0.222. The summed E-state index contributed by atoms with van der Waals surface area (Å²) in [7, 11) is -3.84. The van der Waals surface area contributed by atoms with Gasteiger partial charge in [0.1, 0.15) is 5.75 Å². The summed E-state index contributed by atoms with van der Waals surface area (Å²) in [5.41, 5.74) is 0. The highest BCUT2D eigenvalue weighted by Crippen LogP contribution is 2.17. The van der Waals surface area contributed by atoms with E-state index >= 15 is 0 Å². The quantitative estimate of drug-likeness (QED) is 0.827. The minimum atomic E-state index is -3.84. The Morgan fingerprint density at radius 1 is 1.35 bits per heavy atom. The number of rotatable bonds is 5. The van der Waals surface area contributed by atoms with Crippen molar-refractivity contribution in [3.8, 4) is 5.75 Å². The lowest BCUT2D eigenvalue weighted by molar-refractivity contribution is -0.134. The van der Waals surface area contributed by atoms with Crippen LogP contribution in [0, 0.1) is 0 Å². The second-order valence-corrected chi connectivity index (χ2v) is 6.07. The number of aliphatic carboxylic acids is 1. The van der Waals surface area contributed by atoms with Gasteiger partial charge in [-0.15, -0.1) is 0 Å². The van der Waals surface area contributed by atoms with E-state index in [2.05, 4.69) is 0 Å². The second-order valence-electron chi connectivity index (χ2n) is 3.11. The number of carboxylic acid groups (broad SMARTS) is 1. The largest absolute Gasteiger partial charge is 0.480 e. The molecule has 6 nitrogen and oxygen atoms in total. The molecule has 1 rings (SSSR count). The third kappa shape index (κ3) is 4.16. The molecule has 0 saturated carbocycles. The number of hydrogen-bond acceptors (Lipinski definition) is 5. The van der Waals surface area contributed by atoms with E-state index in [0.717, 1.165) is 0 Å². The lowest BCUT2D eigenvalue weighted by Gasteiger charge is -2.03. The van der Waals surface area contributed by atoms with Crippen LogP contribution in [0.25, 0.3) is 0 Å². The zero-order chi connectivity index (χ0) is 13.1. The van der Waals surface area contributed by atoms with Gasteiger partial charge in [0.2, 0.25) is 11.1 Å². The van der Waals surface area contributed by atoms with Gasteiger partial charge in [-0.3, -0.25) is 4.79 Å². The molecule has 0 spiro atoms. The zero-order valence-corrected chi connectivity index (χ0v) is 10.5. The van der Waals surface area contributed by atoms with E-state index in [4.69, 9.17) is 9.29 Å². The van der Waals surface area contributed by atoms with Crippen molar-refractivity contribution in [2.75, 3.05) is 12.0 Å². The van der Waals surface area contributed by atoms with Crippen LogP contribution in [-0.4, -0.2) is 35.7 Å². The molecule has 0 heterocycles. The number of benzene rings is 1. The van der Waals surface area contributed by atoms with E-state index in [1.807, 2.05) is 0 Å². The highest BCUT2D eigenvalue weighted by molar-refractivity contribution is 7.92. The number of carbonyl (C=O) groups is 1. The van der Waals surface area contributed by atoms with Crippen LogP contribution in [0.4, 0.5) is 0 Å². The topological polar surface area (TPSA) is 97.7 Å². The molecule has 0 aliphatic rings. The van der Waals surface area contributed by atoms with Gasteiger partial charge in [0, 0.05) is 6.26 Å². The second kappa shape index (κ2) is 5.28. The standard InChI is InChI=1S/C9H10O6S2/c1-16(12)15-7-2-4-8(5-3-7)17(13,14)6-9(10)11/h2-5H,6H2,1H3,(H,10,11). The van der Waals surface area contributed by atoms with Crippen LogP contribution in [0.2, 0.25) is 0 Å². The molecular formula is C9H10O6S2. The first-order chi connectivity index (χ1) is 7.81. The Bertz CT molecular complexity index is 531. The highest BCUT2D eigenvalue weighted by atomic mass is 32.2. The summed E-state index contributed by atoms with van der Waals surface area (Å²) in [4.78, 5) is 10.2. The molecule has 17 heavy (non-hydrogen) atoms. The lowest BCUT2D eigenvalue weighted by atomic mass is 10.3. The average molecular weight is 278 g/mol. The van der Waals surface area contributed by atoms with Crippen molar-refractivity contribution < 1.29 is 26.7 Å². The van der Waals surface area contributed by atoms with Crippen LogP contribution in [0.1, 0.15) is 0 Å². The van der Waals surface area contributed by atoms with Crippen molar-refractivity contribution >= 4 is 26.9 Å². The molecule has 0 radical (unpaired) electrons. The van der Waals surface area contributed by atoms with E-state index in [-0.39, 0.29) is 10.6 Å². The zero-order valence-electron chi connectivity index (χ0n) is 8.82. The lowest BCUT2D eigenvalue weighted by Crippen LogP contribution is -2.15. The smallest absolute Gasteiger partial charge is 0.319 e. The summed E-state index contributed by atoms with van der Waals surface area (Å²) < 4.78 is 38.5. The molecule has 0 aliphatic carbocycles. The van der Waals surface area contributed by atoms with Gasteiger partial charge in [-0.2, -0.15) is 0 Å². The molecular weight excluding hydrogens is 268 g/mol. The van der Waals surface area contributed by atoms with Crippen molar-refractivity contribution in [2.45, 2.75) is 4.90 Å². The van der Waals surface area contributed by atoms with Crippen LogP contribution >= 0.6 is 0 Å². The van der Waals surface area contributed by atoms with Crippen LogP contribution in [0.5, 0.6) is 5.75 Å². The molecule has 94 valence electrons. The number of hydrogen-bond donors (Lipinski definition) is 1. The Hall–Kier alpha value is -1.41. The summed E-state index contributed by atoms with van der Waals surface area (Å²) >= 11 is -1.50. The number of carboxylic acids is 1. The Morgan fingerprint density at radius 3 is 2.29 bits per heavy atom. The normalized spacial score (nSPS) is 13.0. The van der Waals surface area contributed by atoms with Gasteiger partial charge in [-0.1, -0.05) is 0 Å². The molecule has 1 unspecified atom stereocenters. The third-order valence-electron chi connectivity index (χ3n) is 1.71. The molecule has 8 heteroatoms. The van der Waals surface area contributed by atoms with Gasteiger partial charge in [-0.05, 0) is 24.3 Å². The maximum Gasteiger partial charge on any atom is 0.319 e. The molecule has 1 atom stereocenters. The van der Waals surface area contributed by atoms with Crippen molar-refractivity contribution in [1.29, 1.82) is 0 Å². The number of sulfone groups is 1. The van der Waals surface area contributed by atoms with E-state index in [1.54, 1.807) is 0 Å². The van der Waals surface area contributed by atoms with E-state index in [0.29, 0.717) is 0 Å². The molecule has 0 aromatic heterocycles. The van der Waals surface area contributed by atoms with Gasteiger partial charge in [0.15, 0.2) is 15.6 Å². The predicted molar refractivity (Wildman–Crippen MR) is 60.8 cm³/mol. The first-order valence-electron chi connectivity index (χ1n) is 4.37. The van der Waals surface area contributed by atoms with Crippen molar-refractivity contribution in [2.24, 2.45) is 0 Å².